The zero-order chi connectivity index (χ0) is 15.3. The summed E-state index contributed by atoms with van der Waals surface area (Å²) in [6, 6.07) is 3.33. The first-order valence-corrected chi connectivity index (χ1v) is 7.77. The van der Waals surface area contributed by atoms with E-state index in [1.807, 2.05) is 6.92 Å². The Bertz CT molecular complexity index is 586. The lowest BCUT2D eigenvalue weighted by Crippen LogP contribution is -2.40. The van der Waals surface area contributed by atoms with E-state index in [2.05, 4.69) is 4.72 Å². The highest BCUT2D eigenvalue weighted by molar-refractivity contribution is 7.89. The average Bonchev–Trinajstić information content (AvgIpc) is 2.37. The number of hydrogen-bond acceptors (Lipinski definition) is 5. The summed E-state index contributed by atoms with van der Waals surface area (Å²) < 4.78 is 27.0. The Morgan fingerprint density at radius 3 is 2.55 bits per heavy atom. The molecule has 1 aromatic rings. The van der Waals surface area contributed by atoms with Crippen molar-refractivity contribution in [2.75, 3.05) is 6.54 Å². The van der Waals surface area contributed by atoms with E-state index in [4.69, 9.17) is 5.73 Å². The zero-order valence-corrected chi connectivity index (χ0v) is 12.3. The monoisotopic (exact) mass is 301 g/mol. The molecule has 0 aliphatic heterocycles. The molecule has 1 rings (SSSR count). The molecule has 1 unspecified atom stereocenters. The van der Waals surface area contributed by atoms with Gasteiger partial charge in [-0.25, -0.2) is 13.1 Å². The van der Waals surface area contributed by atoms with Gasteiger partial charge in [0, 0.05) is 24.7 Å². The molecule has 0 spiro atoms. The molecule has 0 aromatic heterocycles. The van der Waals surface area contributed by atoms with Crippen molar-refractivity contribution in [1.29, 1.82) is 0 Å². The lowest BCUT2D eigenvalue weighted by Gasteiger charge is -2.17. The molecule has 0 amide bonds. The normalized spacial score (nSPS) is 13.2. The van der Waals surface area contributed by atoms with Crippen molar-refractivity contribution in [3.05, 3.63) is 33.9 Å². The minimum Gasteiger partial charge on any atom is -0.329 e. The second kappa shape index (κ2) is 6.78. The van der Waals surface area contributed by atoms with E-state index in [-0.39, 0.29) is 23.2 Å². The molecule has 112 valence electrons. The third-order valence-electron chi connectivity index (χ3n) is 2.90. The molecule has 0 aliphatic carbocycles. The fourth-order valence-corrected chi connectivity index (χ4v) is 3.41. The van der Waals surface area contributed by atoms with Gasteiger partial charge < -0.3 is 5.73 Å². The molecular weight excluding hydrogens is 282 g/mol. The van der Waals surface area contributed by atoms with Crippen molar-refractivity contribution in [3.63, 3.8) is 0 Å². The molecule has 0 bridgehead atoms. The molecule has 8 heteroatoms. The topological polar surface area (TPSA) is 115 Å². The van der Waals surface area contributed by atoms with Crippen LogP contribution in [0.2, 0.25) is 0 Å². The maximum atomic E-state index is 12.2. The standard InChI is InChI=1S/C12H19N3O4S/c1-3-4-10(8-13)14-20(18,19)12-6-5-11(15(16)17)7-9(12)2/h5-7,10,14H,3-4,8,13H2,1-2H3. The summed E-state index contributed by atoms with van der Waals surface area (Å²) in [6.45, 7) is 3.67. The van der Waals surface area contributed by atoms with Crippen LogP contribution in [-0.4, -0.2) is 25.9 Å². The first-order chi connectivity index (χ1) is 9.31. The number of aryl methyl sites for hydroxylation is 1. The highest BCUT2D eigenvalue weighted by Gasteiger charge is 2.22. The van der Waals surface area contributed by atoms with E-state index in [0.717, 1.165) is 6.42 Å². The van der Waals surface area contributed by atoms with Crippen molar-refractivity contribution in [1.82, 2.24) is 4.72 Å². The van der Waals surface area contributed by atoms with Crippen LogP contribution in [0.25, 0.3) is 0 Å². The van der Waals surface area contributed by atoms with Gasteiger partial charge in [-0.3, -0.25) is 10.1 Å². The minimum atomic E-state index is -3.72. The molecule has 0 aliphatic rings. The highest BCUT2D eigenvalue weighted by atomic mass is 32.2. The maximum absolute atomic E-state index is 12.2. The molecule has 7 nitrogen and oxygen atoms in total. The Morgan fingerprint density at radius 1 is 1.45 bits per heavy atom. The zero-order valence-electron chi connectivity index (χ0n) is 11.5. The van der Waals surface area contributed by atoms with Gasteiger partial charge in [-0.15, -0.1) is 0 Å². The van der Waals surface area contributed by atoms with Crippen LogP contribution in [0.5, 0.6) is 0 Å². The summed E-state index contributed by atoms with van der Waals surface area (Å²) in [7, 11) is -3.72. The molecule has 1 atom stereocenters. The van der Waals surface area contributed by atoms with E-state index in [1.165, 1.54) is 25.1 Å². The maximum Gasteiger partial charge on any atom is 0.269 e. The molecule has 0 saturated carbocycles. The Balaban J connectivity index is 3.06. The Labute approximate surface area is 118 Å². The number of non-ortho nitro benzene ring substituents is 1. The third-order valence-corrected chi connectivity index (χ3v) is 4.58. The first kappa shape index (κ1) is 16.5. The van der Waals surface area contributed by atoms with E-state index in [9.17, 15) is 18.5 Å². The van der Waals surface area contributed by atoms with Crippen molar-refractivity contribution in [3.8, 4) is 0 Å². The Hall–Kier alpha value is -1.51. The summed E-state index contributed by atoms with van der Waals surface area (Å²) >= 11 is 0. The summed E-state index contributed by atoms with van der Waals surface area (Å²) in [5.41, 5.74) is 5.73. The van der Waals surface area contributed by atoms with E-state index < -0.39 is 14.9 Å². The molecular formula is C12H19N3O4S. The largest absolute Gasteiger partial charge is 0.329 e. The lowest BCUT2D eigenvalue weighted by molar-refractivity contribution is -0.385. The van der Waals surface area contributed by atoms with Crippen LogP contribution >= 0.6 is 0 Å². The summed E-state index contributed by atoms with van der Waals surface area (Å²) in [5, 5.41) is 10.6. The molecule has 20 heavy (non-hydrogen) atoms. The fourth-order valence-electron chi connectivity index (χ4n) is 1.90. The van der Waals surface area contributed by atoms with Gasteiger partial charge in [0.05, 0.1) is 9.82 Å². The quantitative estimate of drug-likeness (QED) is 0.582. The van der Waals surface area contributed by atoms with Gasteiger partial charge >= 0.3 is 0 Å². The number of nitrogens with zero attached hydrogens (tertiary/aromatic N) is 1. The smallest absolute Gasteiger partial charge is 0.269 e. The van der Waals surface area contributed by atoms with Crippen LogP contribution in [-0.2, 0) is 10.0 Å². The van der Waals surface area contributed by atoms with Gasteiger partial charge in [0.2, 0.25) is 10.0 Å². The third kappa shape index (κ3) is 3.99. The molecule has 3 N–H and O–H groups in total. The minimum absolute atomic E-state index is 0.0395. The van der Waals surface area contributed by atoms with Gasteiger partial charge in [0.1, 0.15) is 0 Å². The van der Waals surface area contributed by atoms with E-state index in [0.29, 0.717) is 12.0 Å². The van der Waals surface area contributed by atoms with Crippen LogP contribution in [0, 0.1) is 17.0 Å². The van der Waals surface area contributed by atoms with Crippen molar-refractivity contribution in [2.45, 2.75) is 37.6 Å². The predicted molar refractivity (Wildman–Crippen MR) is 75.9 cm³/mol. The summed E-state index contributed by atoms with van der Waals surface area (Å²) in [4.78, 5) is 10.1. The number of nitrogens with one attached hydrogen (secondary N) is 1. The number of nitro benzene ring substituents is 1. The highest BCUT2D eigenvalue weighted by Crippen LogP contribution is 2.21. The van der Waals surface area contributed by atoms with E-state index >= 15 is 0 Å². The molecule has 0 heterocycles. The van der Waals surface area contributed by atoms with Crippen LogP contribution in [0.15, 0.2) is 23.1 Å². The second-order valence-corrected chi connectivity index (χ2v) is 6.23. The Morgan fingerprint density at radius 2 is 2.10 bits per heavy atom. The molecule has 0 radical (unpaired) electrons. The summed E-state index contributed by atoms with van der Waals surface area (Å²) in [5.74, 6) is 0. The number of benzene rings is 1. The van der Waals surface area contributed by atoms with Crippen LogP contribution < -0.4 is 10.5 Å². The second-order valence-electron chi connectivity index (χ2n) is 4.55. The first-order valence-electron chi connectivity index (χ1n) is 6.29. The fraction of sp³-hybridized carbons (Fsp3) is 0.500. The SMILES string of the molecule is CCCC(CN)NS(=O)(=O)c1ccc([N+](=O)[O-])cc1C. The molecule has 0 fully saturated rings. The Kier molecular flexibility index (Phi) is 5.61. The van der Waals surface area contributed by atoms with Crippen molar-refractivity contribution >= 4 is 15.7 Å². The van der Waals surface area contributed by atoms with Crippen molar-refractivity contribution in [2.24, 2.45) is 5.73 Å². The van der Waals surface area contributed by atoms with Gasteiger partial charge in [0.15, 0.2) is 0 Å². The number of rotatable bonds is 7. The van der Waals surface area contributed by atoms with Crippen LogP contribution in [0.3, 0.4) is 0 Å². The number of sulfonamides is 1. The van der Waals surface area contributed by atoms with Gasteiger partial charge in [-0.05, 0) is 25.0 Å². The van der Waals surface area contributed by atoms with Crippen LogP contribution in [0.4, 0.5) is 5.69 Å². The van der Waals surface area contributed by atoms with E-state index in [1.54, 1.807) is 0 Å². The van der Waals surface area contributed by atoms with Gasteiger partial charge in [-0.1, -0.05) is 13.3 Å². The number of hydrogen-bond donors (Lipinski definition) is 2. The van der Waals surface area contributed by atoms with Gasteiger partial charge in [-0.2, -0.15) is 0 Å². The average molecular weight is 301 g/mol. The molecule has 0 saturated heterocycles. The lowest BCUT2D eigenvalue weighted by atomic mass is 10.2. The predicted octanol–water partition coefficient (Wildman–Crippen LogP) is 1.31. The van der Waals surface area contributed by atoms with Crippen molar-refractivity contribution < 1.29 is 13.3 Å². The molecule has 1 aromatic carbocycles. The van der Waals surface area contributed by atoms with Gasteiger partial charge in [0.25, 0.3) is 5.69 Å². The summed E-state index contributed by atoms with van der Waals surface area (Å²) in [6.07, 6.45) is 1.45. The van der Waals surface area contributed by atoms with Crippen LogP contribution in [0.1, 0.15) is 25.3 Å². The number of nitrogens with two attached hydrogens (primary N) is 1. The number of nitro groups is 1.